The van der Waals surface area contributed by atoms with E-state index >= 15 is 0 Å². The number of hydrogen-bond acceptors (Lipinski definition) is 6. The molecule has 2 atom stereocenters. The van der Waals surface area contributed by atoms with Gasteiger partial charge in [-0.1, -0.05) is 31.4 Å². The van der Waals surface area contributed by atoms with Gasteiger partial charge in [0.2, 0.25) is 0 Å². The Bertz CT molecular complexity index is 863. The number of amides is 3. The van der Waals surface area contributed by atoms with Gasteiger partial charge < -0.3 is 10.1 Å². The average molecular weight is 397 g/mol. The molecule has 1 aromatic carbocycles. The van der Waals surface area contributed by atoms with Crippen molar-refractivity contribution in [2.24, 2.45) is 0 Å². The first-order chi connectivity index (χ1) is 13.8. The number of hydrogen-bond donors (Lipinski definition) is 1. The SMILES string of the molecule is C[C@H](OC(=O)[C@@H](C)N1C(=O)c2ccccc2C1=O)C(=O)NC1(C#N)CCCCC1. The second-order valence-electron chi connectivity index (χ2n) is 7.52. The van der Waals surface area contributed by atoms with Crippen LogP contribution in [0.5, 0.6) is 0 Å². The molecular weight excluding hydrogens is 374 g/mol. The van der Waals surface area contributed by atoms with Gasteiger partial charge >= 0.3 is 5.97 Å². The molecular formula is C21H23N3O5. The minimum absolute atomic E-state index is 0.233. The maximum Gasteiger partial charge on any atom is 0.329 e. The molecule has 1 heterocycles. The number of esters is 1. The van der Waals surface area contributed by atoms with Gasteiger partial charge in [-0.2, -0.15) is 5.26 Å². The molecule has 0 saturated heterocycles. The molecule has 1 saturated carbocycles. The Morgan fingerprint density at radius 2 is 1.66 bits per heavy atom. The lowest BCUT2D eigenvalue weighted by Crippen LogP contribution is -2.53. The molecule has 1 N–H and O–H groups in total. The van der Waals surface area contributed by atoms with Crippen molar-refractivity contribution in [2.45, 2.75) is 63.6 Å². The van der Waals surface area contributed by atoms with E-state index < -0.39 is 41.4 Å². The van der Waals surface area contributed by atoms with Crippen molar-refractivity contribution >= 4 is 23.7 Å². The summed E-state index contributed by atoms with van der Waals surface area (Å²) in [7, 11) is 0. The number of nitrogens with zero attached hydrogens (tertiary/aromatic N) is 2. The first kappa shape index (κ1) is 20.5. The van der Waals surface area contributed by atoms with Gasteiger partial charge in [-0.25, -0.2) is 4.79 Å². The second kappa shape index (κ2) is 8.03. The quantitative estimate of drug-likeness (QED) is 0.599. The van der Waals surface area contributed by atoms with E-state index in [9.17, 15) is 24.4 Å². The van der Waals surface area contributed by atoms with Crippen molar-refractivity contribution in [1.29, 1.82) is 5.26 Å². The maximum atomic E-state index is 12.5. The number of benzene rings is 1. The minimum atomic E-state index is -1.18. The van der Waals surface area contributed by atoms with E-state index in [1.165, 1.54) is 26.0 Å². The summed E-state index contributed by atoms with van der Waals surface area (Å²) in [5, 5.41) is 12.2. The lowest BCUT2D eigenvalue weighted by Gasteiger charge is -2.32. The third-order valence-corrected chi connectivity index (χ3v) is 5.50. The number of nitrogens with one attached hydrogen (secondary N) is 1. The molecule has 152 valence electrons. The van der Waals surface area contributed by atoms with E-state index in [2.05, 4.69) is 11.4 Å². The van der Waals surface area contributed by atoms with Crippen LogP contribution in [-0.4, -0.2) is 46.3 Å². The molecule has 0 radical (unpaired) electrons. The summed E-state index contributed by atoms with van der Waals surface area (Å²) < 4.78 is 5.21. The van der Waals surface area contributed by atoms with E-state index in [4.69, 9.17) is 4.74 Å². The molecule has 2 aliphatic rings. The number of rotatable bonds is 5. The zero-order valence-electron chi connectivity index (χ0n) is 16.4. The Labute approximate surface area is 168 Å². The highest BCUT2D eigenvalue weighted by molar-refractivity contribution is 6.22. The standard InChI is InChI=1S/C21H23N3O5/c1-13(24-18(26)15-8-4-5-9-16(15)19(24)27)20(28)29-14(2)17(25)23-21(12-22)10-6-3-7-11-21/h4-5,8-9,13-14H,3,6-7,10-11H2,1-2H3,(H,23,25)/t13-,14+/m1/s1. The molecule has 0 unspecified atom stereocenters. The van der Waals surface area contributed by atoms with Crippen molar-refractivity contribution in [3.63, 3.8) is 0 Å². The molecule has 0 aromatic heterocycles. The molecule has 1 fully saturated rings. The minimum Gasteiger partial charge on any atom is -0.451 e. The average Bonchev–Trinajstić information content (AvgIpc) is 2.98. The summed E-state index contributed by atoms with van der Waals surface area (Å²) >= 11 is 0. The summed E-state index contributed by atoms with van der Waals surface area (Å²) in [6, 6.07) is 7.31. The highest BCUT2D eigenvalue weighted by Gasteiger charge is 2.42. The topological polar surface area (TPSA) is 117 Å². The summed E-state index contributed by atoms with van der Waals surface area (Å²) in [5.74, 6) is -2.58. The van der Waals surface area contributed by atoms with Crippen LogP contribution in [0.15, 0.2) is 24.3 Å². The fourth-order valence-electron chi connectivity index (χ4n) is 3.75. The zero-order valence-corrected chi connectivity index (χ0v) is 16.4. The third kappa shape index (κ3) is 3.86. The highest BCUT2D eigenvalue weighted by Crippen LogP contribution is 2.28. The Morgan fingerprint density at radius 3 is 2.17 bits per heavy atom. The Hall–Kier alpha value is -3.21. The molecule has 1 aliphatic carbocycles. The normalized spacial score (nSPS) is 19.7. The van der Waals surface area contributed by atoms with Gasteiger partial charge in [-0.3, -0.25) is 19.3 Å². The van der Waals surface area contributed by atoms with E-state index in [1.807, 2.05) is 0 Å². The fraction of sp³-hybridized carbons (Fsp3) is 0.476. The molecule has 1 aromatic rings. The predicted octanol–water partition coefficient (Wildman–Crippen LogP) is 1.95. The van der Waals surface area contributed by atoms with E-state index in [1.54, 1.807) is 12.1 Å². The lowest BCUT2D eigenvalue weighted by molar-refractivity contribution is -0.158. The monoisotopic (exact) mass is 397 g/mol. The van der Waals surface area contributed by atoms with Crippen LogP contribution < -0.4 is 5.32 Å². The van der Waals surface area contributed by atoms with Crippen molar-refractivity contribution in [1.82, 2.24) is 10.2 Å². The van der Waals surface area contributed by atoms with Gasteiger partial charge in [0.25, 0.3) is 17.7 Å². The van der Waals surface area contributed by atoms with Crippen molar-refractivity contribution in [3.8, 4) is 6.07 Å². The Kier molecular flexibility index (Phi) is 5.69. The second-order valence-corrected chi connectivity index (χ2v) is 7.52. The molecule has 3 rings (SSSR count). The summed E-state index contributed by atoms with van der Waals surface area (Å²) in [4.78, 5) is 50.8. The highest BCUT2D eigenvalue weighted by atomic mass is 16.5. The third-order valence-electron chi connectivity index (χ3n) is 5.50. The first-order valence-electron chi connectivity index (χ1n) is 9.70. The largest absolute Gasteiger partial charge is 0.451 e. The molecule has 1 aliphatic heterocycles. The molecule has 8 nitrogen and oxygen atoms in total. The Balaban J connectivity index is 1.64. The number of carbonyl (C=O) groups is 4. The van der Waals surface area contributed by atoms with Gasteiger partial charge in [0.1, 0.15) is 11.6 Å². The van der Waals surface area contributed by atoms with Crippen LogP contribution in [0, 0.1) is 11.3 Å². The number of carbonyl (C=O) groups excluding carboxylic acids is 4. The zero-order chi connectivity index (χ0) is 21.2. The van der Waals surface area contributed by atoms with E-state index in [0.29, 0.717) is 12.8 Å². The van der Waals surface area contributed by atoms with Crippen LogP contribution in [0.1, 0.15) is 66.7 Å². The molecule has 0 bridgehead atoms. The molecule has 0 spiro atoms. The smallest absolute Gasteiger partial charge is 0.329 e. The van der Waals surface area contributed by atoms with Gasteiger partial charge in [-0.15, -0.1) is 0 Å². The number of nitriles is 1. The van der Waals surface area contributed by atoms with E-state index in [0.717, 1.165) is 24.2 Å². The molecule has 3 amide bonds. The van der Waals surface area contributed by atoms with Crippen molar-refractivity contribution in [2.75, 3.05) is 0 Å². The number of ether oxygens (including phenoxy) is 1. The Morgan fingerprint density at radius 1 is 1.10 bits per heavy atom. The number of imide groups is 1. The predicted molar refractivity (Wildman–Crippen MR) is 102 cm³/mol. The van der Waals surface area contributed by atoms with Crippen LogP contribution in [-0.2, 0) is 14.3 Å². The fourth-order valence-corrected chi connectivity index (χ4v) is 3.75. The van der Waals surface area contributed by atoms with Crippen LogP contribution in [0.4, 0.5) is 0 Å². The van der Waals surface area contributed by atoms with Crippen LogP contribution in [0.2, 0.25) is 0 Å². The van der Waals surface area contributed by atoms with Crippen molar-refractivity contribution in [3.05, 3.63) is 35.4 Å². The van der Waals surface area contributed by atoms with Gasteiger partial charge in [0.05, 0.1) is 17.2 Å². The summed E-state index contributed by atoms with van der Waals surface area (Å²) in [6.07, 6.45) is 2.66. The van der Waals surface area contributed by atoms with Crippen molar-refractivity contribution < 1.29 is 23.9 Å². The van der Waals surface area contributed by atoms with Gasteiger partial charge in [0.15, 0.2) is 6.10 Å². The van der Waals surface area contributed by atoms with Gasteiger partial charge in [-0.05, 0) is 38.8 Å². The maximum absolute atomic E-state index is 12.5. The molecule has 29 heavy (non-hydrogen) atoms. The summed E-state index contributed by atoms with van der Waals surface area (Å²) in [6.45, 7) is 2.78. The van der Waals surface area contributed by atoms with Crippen LogP contribution >= 0.6 is 0 Å². The van der Waals surface area contributed by atoms with Gasteiger partial charge in [0, 0.05) is 0 Å². The summed E-state index contributed by atoms with van der Waals surface area (Å²) in [5.41, 5.74) is -0.475. The van der Waals surface area contributed by atoms with E-state index in [-0.39, 0.29) is 11.1 Å². The lowest BCUT2D eigenvalue weighted by atomic mass is 9.83. The first-order valence-corrected chi connectivity index (χ1v) is 9.70. The molecule has 8 heteroatoms. The van der Waals surface area contributed by atoms with Crippen LogP contribution in [0.25, 0.3) is 0 Å². The van der Waals surface area contributed by atoms with Crippen LogP contribution in [0.3, 0.4) is 0 Å². The number of fused-ring (bicyclic) bond motifs is 1.